The van der Waals surface area contributed by atoms with Crippen LogP contribution in [0.3, 0.4) is 0 Å². The maximum Gasteiger partial charge on any atom is 0.157 e. The standard InChI is InChI=1S/C37H31OP3S4/c38-41(31-19-7-1-8-20-31,32-21-9-2-10-22-32)37(39(42-33-23-11-3-12-24-33)43-34-25-13-4-14-26-34)40(44-35-27-15-5-16-28-35)45-36-29-17-6-18-30-36/h1-30,37H. The number of benzene rings is 6. The van der Waals surface area contributed by atoms with E-state index < -0.39 is 19.8 Å². The van der Waals surface area contributed by atoms with E-state index >= 15 is 4.57 Å². The maximum absolute atomic E-state index is 16.5. The van der Waals surface area contributed by atoms with Gasteiger partial charge >= 0.3 is 0 Å². The second-order valence-electron chi connectivity index (χ2n) is 9.86. The monoisotopic (exact) mass is 712 g/mol. The van der Waals surface area contributed by atoms with Crippen LogP contribution in [0.15, 0.2) is 202 Å². The summed E-state index contributed by atoms with van der Waals surface area (Å²) in [5, 5.41) is 1.70. The SMILES string of the molecule is O=P(c1ccccc1)(c1ccccc1)C(P(Sc1ccccc1)Sc1ccccc1)P(Sc1ccccc1)Sc1ccccc1. The summed E-state index contributed by atoms with van der Waals surface area (Å²) in [6.07, 6.45) is -1.97. The van der Waals surface area contributed by atoms with Gasteiger partial charge in [-0.1, -0.05) is 179 Å². The molecule has 1 nitrogen and oxygen atoms in total. The van der Waals surface area contributed by atoms with Crippen molar-refractivity contribution >= 4 is 75.9 Å². The highest BCUT2D eigenvalue weighted by Crippen LogP contribution is 2.90. The second kappa shape index (κ2) is 16.6. The molecule has 0 heterocycles. The van der Waals surface area contributed by atoms with Gasteiger partial charge in [0.05, 0.1) is 5.14 Å². The molecule has 6 aromatic rings. The molecule has 0 aliphatic heterocycles. The molecule has 0 aliphatic rings. The molecule has 0 unspecified atom stereocenters. The van der Waals surface area contributed by atoms with E-state index in [0.29, 0.717) is 0 Å². The first kappa shape index (κ1) is 32.7. The van der Waals surface area contributed by atoms with E-state index in [9.17, 15) is 0 Å². The average Bonchev–Trinajstić information content (AvgIpc) is 3.11. The van der Waals surface area contributed by atoms with Crippen molar-refractivity contribution in [2.75, 3.05) is 0 Å². The van der Waals surface area contributed by atoms with E-state index in [1.165, 1.54) is 19.6 Å². The van der Waals surface area contributed by atoms with Gasteiger partial charge in [0.25, 0.3) is 0 Å². The summed E-state index contributed by atoms with van der Waals surface area (Å²) in [5.41, 5.74) is 0. The van der Waals surface area contributed by atoms with Gasteiger partial charge in [-0.2, -0.15) is 0 Å². The predicted octanol–water partition coefficient (Wildman–Crippen LogP) is 13.1. The van der Waals surface area contributed by atoms with Gasteiger partial charge in [0.1, 0.15) is 0 Å². The van der Waals surface area contributed by atoms with Crippen LogP contribution >= 0.6 is 65.3 Å². The molecule has 0 saturated heterocycles. The fraction of sp³-hybridized carbons (Fsp3) is 0.0270. The fourth-order valence-electron chi connectivity index (χ4n) is 4.62. The van der Waals surface area contributed by atoms with Gasteiger partial charge in [0.2, 0.25) is 0 Å². The van der Waals surface area contributed by atoms with Crippen LogP contribution in [-0.4, -0.2) is 5.14 Å². The quantitative estimate of drug-likeness (QED) is 0.111. The largest absolute Gasteiger partial charge is 0.312 e. The molecule has 0 amide bonds. The van der Waals surface area contributed by atoms with Crippen LogP contribution in [0.4, 0.5) is 0 Å². The lowest BCUT2D eigenvalue weighted by Crippen LogP contribution is -2.22. The lowest BCUT2D eigenvalue weighted by atomic mass is 10.4. The maximum atomic E-state index is 16.5. The summed E-state index contributed by atoms with van der Waals surface area (Å²) in [4.78, 5) is 4.81. The summed E-state index contributed by atoms with van der Waals surface area (Å²) in [6, 6.07) is 63.1. The number of hydrogen-bond donors (Lipinski definition) is 0. The Morgan fingerprint density at radius 2 is 0.578 bits per heavy atom. The van der Waals surface area contributed by atoms with Crippen LogP contribution in [0.2, 0.25) is 0 Å². The van der Waals surface area contributed by atoms with Crippen LogP contribution in [0.1, 0.15) is 0 Å². The molecular weight excluding hydrogens is 682 g/mol. The molecule has 0 saturated carbocycles. The fourth-order valence-corrected chi connectivity index (χ4v) is 36.2. The Morgan fingerprint density at radius 1 is 0.356 bits per heavy atom. The summed E-state index contributed by atoms with van der Waals surface area (Å²) in [6.45, 7) is 0. The summed E-state index contributed by atoms with van der Waals surface area (Å²) in [5.74, 6) is 0. The van der Waals surface area contributed by atoms with Crippen molar-refractivity contribution in [1.29, 1.82) is 0 Å². The third-order valence-corrected chi connectivity index (χ3v) is 31.3. The Bertz CT molecular complexity index is 1570. The van der Waals surface area contributed by atoms with E-state index in [1.807, 2.05) is 81.9 Å². The Morgan fingerprint density at radius 3 is 0.822 bits per heavy atom. The molecule has 224 valence electrons. The minimum absolute atomic E-state index is 0.141. The highest BCUT2D eigenvalue weighted by atomic mass is 33.1. The van der Waals surface area contributed by atoms with Crippen molar-refractivity contribution in [3.63, 3.8) is 0 Å². The van der Waals surface area contributed by atoms with E-state index in [2.05, 4.69) is 146 Å². The molecule has 8 heteroatoms. The first-order chi connectivity index (χ1) is 22.2. The zero-order chi connectivity index (χ0) is 30.7. The highest BCUT2D eigenvalue weighted by molar-refractivity contribution is 8.96. The van der Waals surface area contributed by atoms with Crippen LogP contribution in [0, 0.1) is 0 Å². The summed E-state index contributed by atoms with van der Waals surface area (Å²) in [7, 11) is -3.22. The van der Waals surface area contributed by atoms with Crippen LogP contribution in [-0.2, 0) is 4.57 Å². The summed E-state index contributed by atoms with van der Waals surface area (Å²) >= 11 is 7.61. The topological polar surface area (TPSA) is 17.1 Å². The van der Waals surface area contributed by atoms with Gasteiger partial charge in [0.15, 0.2) is 7.14 Å². The van der Waals surface area contributed by atoms with Crippen LogP contribution in [0.25, 0.3) is 0 Å². The zero-order valence-corrected chi connectivity index (χ0v) is 30.2. The first-order valence-electron chi connectivity index (χ1n) is 14.4. The smallest absolute Gasteiger partial charge is 0.157 e. The average molecular weight is 713 g/mol. The van der Waals surface area contributed by atoms with Gasteiger partial charge in [-0.25, -0.2) is 0 Å². The number of rotatable bonds is 13. The molecular formula is C37H31OP3S4. The van der Waals surface area contributed by atoms with Crippen molar-refractivity contribution < 1.29 is 4.57 Å². The van der Waals surface area contributed by atoms with Crippen molar-refractivity contribution in [2.24, 2.45) is 0 Å². The van der Waals surface area contributed by atoms with E-state index in [4.69, 9.17) is 0 Å². The molecule has 0 N–H and O–H groups in total. The summed E-state index contributed by atoms with van der Waals surface area (Å²) < 4.78 is 16.5. The molecule has 0 atom stereocenters. The molecule has 0 bridgehead atoms. The van der Waals surface area contributed by atoms with Crippen molar-refractivity contribution in [1.82, 2.24) is 0 Å². The number of hydrogen-bond acceptors (Lipinski definition) is 5. The predicted molar refractivity (Wildman–Crippen MR) is 207 cm³/mol. The van der Waals surface area contributed by atoms with Crippen molar-refractivity contribution in [2.45, 2.75) is 24.7 Å². The first-order valence-corrected chi connectivity index (χ1v) is 24.7. The normalized spacial score (nSPS) is 11.7. The third kappa shape index (κ3) is 8.59. The van der Waals surface area contributed by atoms with Crippen LogP contribution < -0.4 is 10.6 Å². The van der Waals surface area contributed by atoms with Crippen LogP contribution in [0.5, 0.6) is 0 Å². The van der Waals surface area contributed by atoms with E-state index in [1.54, 1.807) is 0 Å². The Kier molecular flexibility index (Phi) is 12.1. The van der Waals surface area contributed by atoms with Gasteiger partial charge in [0, 0.05) is 42.8 Å². The highest BCUT2D eigenvalue weighted by Gasteiger charge is 2.48. The molecule has 0 fully saturated rings. The molecule has 0 radical (unpaired) electrons. The Labute approximate surface area is 285 Å². The second-order valence-corrected chi connectivity index (χ2v) is 27.0. The molecule has 0 spiro atoms. The zero-order valence-electron chi connectivity index (χ0n) is 24.3. The Balaban J connectivity index is 1.59. The van der Waals surface area contributed by atoms with Crippen molar-refractivity contribution in [3.05, 3.63) is 182 Å². The lowest BCUT2D eigenvalue weighted by Gasteiger charge is -2.38. The molecule has 6 rings (SSSR count). The third-order valence-electron chi connectivity index (χ3n) is 6.74. The lowest BCUT2D eigenvalue weighted by molar-refractivity contribution is 0.589. The minimum Gasteiger partial charge on any atom is -0.312 e. The van der Waals surface area contributed by atoms with Gasteiger partial charge in [-0.15, -0.1) is 0 Å². The van der Waals surface area contributed by atoms with Crippen molar-refractivity contribution in [3.8, 4) is 0 Å². The van der Waals surface area contributed by atoms with Gasteiger partial charge in [-0.05, 0) is 48.5 Å². The van der Waals surface area contributed by atoms with Gasteiger partial charge < -0.3 is 4.57 Å². The minimum atomic E-state index is -3.22. The molecule has 0 aliphatic carbocycles. The molecule has 0 aromatic heterocycles. The van der Waals surface area contributed by atoms with E-state index in [-0.39, 0.29) is 5.14 Å². The van der Waals surface area contributed by atoms with E-state index in [0.717, 1.165) is 10.6 Å². The molecule has 45 heavy (non-hydrogen) atoms. The van der Waals surface area contributed by atoms with Gasteiger partial charge in [-0.3, -0.25) is 0 Å². The molecule has 6 aromatic carbocycles. The Hall–Kier alpha value is -2.19.